The van der Waals surface area contributed by atoms with Gasteiger partial charge in [0.15, 0.2) is 16.2 Å². The van der Waals surface area contributed by atoms with Gasteiger partial charge in [-0.25, -0.2) is 4.98 Å². The third-order valence-corrected chi connectivity index (χ3v) is 1.63. The molecule has 0 aliphatic carbocycles. The van der Waals surface area contributed by atoms with Crippen LogP contribution in [0.1, 0.15) is 0 Å². The van der Waals surface area contributed by atoms with Gasteiger partial charge in [-0.3, -0.25) is 0 Å². The highest BCUT2D eigenvalue weighted by atomic mass is 32.1. The van der Waals surface area contributed by atoms with Crippen molar-refractivity contribution in [2.75, 3.05) is 5.73 Å². The zero-order valence-corrected chi connectivity index (χ0v) is 6.27. The van der Waals surface area contributed by atoms with Crippen molar-refractivity contribution < 1.29 is 0 Å². The molecule has 0 fully saturated rings. The first-order chi connectivity index (χ1) is 5.27. The molecule has 2 aromatic heterocycles. The summed E-state index contributed by atoms with van der Waals surface area (Å²) in [6.07, 6.45) is 1.49. The van der Waals surface area contributed by atoms with Crippen LogP contribution in [0.25, 0.3) is 11.2 Å². The number of nitrogens with two attached hydrogens (primary N) is 1. The molecule has 0 radical (unpaired) electrons. The Kier molecular flexibility index (Phi) is 1.16. The molecule has 0 aliphatic heterocycles. The molecular formula is C5H5N5S. The van der Waals surface area contributed by atoms with Crippen molar-refractivity contribution in [1.82, 2.24) is 19.9 Å². The van der Waals surface area contributed by atoms with Crippen LogP contribution in [0.3, 0.4) is 0 Å². The summed E-state index contributed by atoms with van der Waals surface area (Å²) in [5.74, 6) is 0.343. The van der Waals surface area contributed by atoms with Gasteiger partial charge >= 0.3 is 0 Å². The largest absolute Gasteiger partial charge is 0.369 e. The normalized spacial score (nSPS) is 10.5. The van der Waals surface area contributed by atoms with Crippen molar-refractivity contribution in [2.45, 2.75) is 0 Å². The summed E-state index contributed by atoms with van der Waals surface area (Å²) < 4.78 is 0.475. The predicted octanol–water partition coefficient (Wildman–Crippen LogP) is 0.598. The summed E-state index contributed by atoms with van der Waals surface area (Å²) in [7, 11) is 0. The van der Waals surface area contributed by atoms with Gasteiger partial charge in [-0.1, -0.05) is 12.2 Å². The Bertz CT molecular complexity index is 441. The van der Waals surface area contributed by atoms with Gasteiger partial charge in [-0.05, 0) is 0 Å². The molecule has 2 aromatic rings. The van der Waals surface area contributed by atoms with E-state index in [0.717, 1.165) is 0 Å². The SMILES string of the molecule is Nc1nc2[nH]cnc(=S)c2[nH]1. The number of nitrogens with one attached hydrogen (secondary N) is 2. The van der Waals surface area contributed by atoms with Crippen LogP contribution in [-0.2, 0) is 0 Å². The maximum Gasteiger partial charge on any atom is 0.200 e. The summed E-state index contributed by atoms with van der Waals surface area (Å²) in [4.78, 5) is 13.4. The third kappa shape index (κ3) is 0.874. The molecule has 5 nitrogen and oxygen atoms in total. The van der Waals surface area contributed by atoms with Gasteiger partial charge < -0.3 is 15.7 Å². The first-order valence-corrected chi connectivity index (χ1v) is 3.37. The quantitative estimate of drug-likeness (QED) is 0.501. The minimum absolute atomic E-state index is 0.343. The molecule has 0 spiro atoms. The molecular weight excluding hydrogens is 162 g/mol. The van der Waals surface area contributed by atoms with Gasteiger partial charge in [0.2, 0.25) is 0 Å². The Hall–Kier alpha value is -1.43. The Morgan fingerprint density at radius 1 is 1.55 bits per heavy atom. The smallest absolute Gasteiger partial charge is 0.200 e. The van der Waals surface area contributed by atoms with Crippen LogP contribution in [0.5, 0.6) is 0 Å². The number of nitrogens with zero attached hydrogens (tertiary/aromatic N) is 2. The van der Waals surface area contributed by atoms with E-state index in [-0.39, 0.29) is 0 Å². The van der Waals surface area contributed by atoms with Gasteiger partial charge in [0.05, 0.1) is 6.33 Å². The Labute approximate surface area is 66.7 Å². The van der Waals surface area contributed by atoms with Crippen LogP contribution in [0.4, 0.5) is 5.95 Å². The molecule has 0 unspecified atom stereocenters. The van der Waals surface area contributed by atoms with Crippen molar-refractivity contribution in [3.63, 3.8) is 0 Å². The number of aromatic nitrogens is 4. The summed E-state index contributed by atoms with van der Waals surface area (Å²) >= 11 is 4.91. The lowest BCUT2D eigenvalue weighted by Crippen LogP contribution is -1.84. The van der Waals surface area contributed by atoms with Gasteiger partial charge in [0, 0.05) is 0 Å². The molecule has 2 rings (SSSR count). The van der Waals surface area contributed by atoms with E-state index >= 15 is 0 Å². The fraction of sp³-hybridized carbons (Fsp3) is 0. The standard InChI is InChI=1S/C5H5N5S/c6-5-9-2-3(10-5)7-1-8-4(2)11/h1H,(H4,6,7,8,9,10,11). The number of imidazole rings is 1. The highest BCUT2D eigenvalue weighted by Gasteiger charge is 1.99. The number of hydrogen-bond acceptors (Lipinski definition) is 4. The first-order valence-electron chi connectivity index (χ1n) is 2.96. The zero-order valence-electron chi connectivity index (χ0n) is 5.46. The molecule has 0 amide bonds. The summed E-state index contributed by atoms with van der Waals surface area (Å²) in [5, 5.41) is 0. The number of nitrogen functional groups attached to an aromatic ring is 1. The lowest BCUT2D eigenvalue weighted by Gasteiger charge is -1.84. The highest BCUT2D eigenvalue weighted by molar-refractivity contribution is 7.71. The van der Waals surface area contributed by atoms with Crippen LogP contribution in [-0.4, -0.2) is 19.9 Å². The maximum absolute atomic E-state index is 5.40. The number of anilines is 1. The molecule has 6 heteroatoms. The molecule has 4 N–H and O–H groups in total. The van der Waals surface area contributed by atoms with Crippen molar-refractivity contribution >= 4 is 29.3 Å². The van der Waals surface area contributed by atoms with Crippen molar-refractivity contribution in [1.29, 1.82) is 0 Å². The number of hydrogen-bond donors (Lipinski definition) is 3. The predicted molar refractivity (Wildman–Crippen MR) is 43.5 cm³/mol. The highest BCUT2D eigenvalue weighted by Crippen LogP contribution is 2.08. The summed E-state index contributed by atoms with van der Waals surface area (Å²) in [5.41, 5.74) is 6.72. The van der Waals surface area contributed by atoms with Crippen molar-refractivity contribution in [2.24, 2.45) is 0 Å². The topological polar surface area (TPSA) is 83.4 Å². The molecule has 2 heterocycles. The van der Waals surface area contributed by atoms with Crippen LogP contribution >= 0.6 is 12.2 Å². The van der Waals surface area contributed by atoms with E-state index in [0.29, 0.717) is 21.8 Å². The van der Waals surface area contributed by atoms with E-state index in [1.165, 1.54) is 6.33 Å². The van der Waals surface area contributed by atoms with E-state index in [2.05, 4.69) is 19.9 Å². The van der Waals surface area contributed by atoms with Crippen LogP contribution in [0.2, 0.25) is 0 Å². The second-order valence-corrected chi connectivity index (χ2v) is 2.44. The average molecular weight is 167 g/mol. The van der Waals surface area contributed by atoms with Crippen molar-refractivity contribution in [3.05, 3.63) is 11.0 Å². The second kappa shape index (κ2) is 2.03. The fourth-order valence-electron chi connectivity index (χ4n) is 0.867. The van der Waals surface area contributed by atoms with Gasteiger partial charge in [-0.15, -0.1) is 0 Å². The van der Waals surface area contributed by atoms with Crippen molar-refractivity contribution in [3.8, 4) is 0 Å². The van der Waals surface area contributed by atoms with Crippen LogP contribution in [0.15, 0.2) is 6.33 Å². The molecule has 0 atom stereocenters. The minimum atomic E-state index is 0.343. The molecule has 0 aliphatic rings. The Balaban J connectivity index is 3.02. The number of H-pyrrole nitrogens is 2. The summed E-state index contributed by atoms with van der Waals surface area (Å²) in [6, 6.07) is 0. The molecule has 11 heavy (non-hydrogen) atoms. The van der Waals surface area contributed by atoms with Gasteiger partial charge in [0.25, 0.3) is 0 Å². The molecule has 0 aromatic carbocycles. The fourth-order valence-corrected chi connectivity index (χ4v) is 1.07. The lowest BCUT2D eigenvalue weighted by molar-refractivity contribution is 1.19. The Morgan fingerprint density at radius 3 is 3.09 bits per heavy atom. The Morgan fingerprint density at radius 2 is 2.36 bits per heavy atom. The summed E-state index contributed by atoms with van der Waals surface area (Å²) in [6.45, 7) is 0. The van der Waals surface area contributed by atoms with E-state index in [4.69, 9.17) is 18.0 Å². The third-order valence-electron chi connectivity index (χ3n) is 1.32. The number of aromatic amines is 2. The van der Waals surface area contributed by atoms with Gasteiger partial charge in [-0.2, -0.15) is 4.98 Å². The van der Waals surface area contributed by atoms with E-state index in [1.807, 2.05) is 0 Å². The van der Waals surface area contributed by atoms with Crippen LogP contribution < -0.4 is 5.73 Å². The zero-order chi connectivity index (χ0) is 7.84. The second-order valence-electron chi connectivity index (χ2n) is 2.05. The molecule has 56 valence electrons. The molecule has 0 saturated heterocycles. The lowest BCUT2D eigenvalue weighted by atomic mass is 10.6. The average Bonchev–Trinajstić information content (AvgIpc) is 2.31. The first kappa shape index (κ1) is 6.29. The van der Waals surface area contributed by atoms with Gasteiger partial charge in [0.1, 0.15) is 5.52 Å². The number of fused-ring (bicyclic) bond motifs is 1. The molecule has 0 saturated carbocycles. The monoisotopic (exact) mass is 167 g/mol. The van der Waals surface area contributed by atoms with E-state index in [1.54, 1.807) is 0 Å². The van der Waals surface area contributed by atoms with E-state index < -0.39 is 0 Å². The van der Waals surface area contributed by atoms with E-state index in [9.17, 15) is 0 Å². The number of rotatable bonds is 0. The maximum atomic E-state index is 5.40. The minimum Gasteiger partial charge on any atom is -0.369 e. The van der Waals surface area contributed by atoms with Crippen LogP contribution in [0, 0.1) is 4.64 Å². The molecule has 0 bridgehead atoms.